The van der Waals surface area contributed by atoms with Gasteiger partial charge in [-0.2, -0.15) is 10.3 Å². The van der Waals surface area contributed by atoms with E-state index in [9.17, 15) is 0 Å². The first-order valence-corrected chi connectivity index (χ1v) is 11.0. The molecule has 2 heterocycles. The maximum absolute atomic E-state index is 4.99. The Morgan fingerprint density at radius 2 is 1.84 bits per heavy atom. The Morgan fingerprint density at radius 1 is 1.03 bits per heavy atom. The summed E-state index contributed by atoms with van der Waals surface area (Å²) >= 11 is 4.99. The molecule has 0 amide bonds. The van der Waals surface area contributed by atoms with Gasteiger partial charge in [-0.1, -0.05) is 80.5 Å². The Morgan fingerprint density at radius 3 is 2.55 bits per heavy atom. The summed E-state index contributed by atoms with van der Waals surface area (Å²) in [6.45, 7) is 3.10. The van der Waals surface area contributed by atoms with Crippen molar-refractivity contribution >= 4 is 17.6 Å². The molecule has 0 aliphatic heterocycles. The summed E-state index contributed by atoms with van der Waals surface area (Å²) in [5.41, 5.74) is 4.32. The highest BCUT2D eigenvalue weighted by molar-refractivity contribution is 7.78. The Bertz CT molecular complexity index is 1120. The number of hydrogen-bond donors (Lipinski definition) is 1. The number of unbranched alkanes of at least 4 members (excludes halogenated alkanes) is 2. The SMILES string of the molecule is CCCCCn1nc(CC=S)nc1Cc1ccc(-c2ccccc2-c2nn[nH]n2)cc1. The van der Waals surface area contributed by atoms with Gasteiger partial charge in [-0.05, 0) is 33.7 Å². The summed E-state index contributed by atoms with van der Waals surface area (Å²) in [5, 5.41) is 20.8. The number of nitrogens with zero attached hydrogens (tertiary/aromatic N) is 6. The number of aromatic amines is 1. The smallest absolute Gasteiger partial charge is 0.205 e. The number of H-pyrrole nitrogens is 1. The van der Waals surface area contributed by atoms with E-state index in [4.69, 9.17) is 17.2 Å². The quantitative estimate of drug-likeness (QED) is 0.295. The van der Waals surface area contributed by atoms with E-state index < -0.39 is 0 Å². The van der Waals surface area contributed by atoms with E-state index >= 15 is 0 Å². The minimum atomic E-state index is 0.589. The summed E-state index contributed by atoms with van der Waals surface area (Å²) in [7, 11) is 0. The van der Waals surface area contributed by atoms with Crippen molar-refractivity contribution in [1.29, 1.82) is 0 Å². The van der Waals surface area contributed by atoms with E-state index in [0.717, 1.165) is 47.7 Å². The number of aromatic nitrogens is 7. The summed E-state index contributed by atoms with van der Waals surface area (Å²) in [6.07, 6.45) is 4.84. The Kier molecular flexibility index (Phi) is 6.89. The lowest BCUT2D eigenvalue weighted by atomic mass is 9.98. The molecule has 0 radical (unpaired) electrons. The summed E-state index contributed by atoms with van der Waals surface area (Å²) in [5.74, 6) is 2.38. The van der Waals surface area contributed by atoms with Crippen LogP contribution in [0.4, 0.5) is 0 Å². The molecule has 2 aromatic carbocycles. The van der Waals surface area contributed by atoms with E-state index in [1.165, 1.54) is 18.4 Å². The number of aryl methyl sites for hydroxylation is 1. The summed E-state index contributed by atoms with van der Waals surface area (Å²) < 4.78 is 2.04. The fourth-order valence-corrected chi connectivity index (χ4v) is 3.75. The number of rotatable bonds is 10. The molecule has 1 N–H and O–H groups in total. The predicted octanol–water partition coefficient (Wildman–Crippen LogP) is 4.45. The Labute approximate surface area is 186 Å². The predicted molar refractivity (Wildman–Crippen MR) is 125 cm³/mol. The van der Waals surface area contributed by atoms with Gasteiger partial charge in [0.15, 0.2) is 5.82 Å². The molecule has 31 heavy (non-hydrogen) atoms. The monoisotopic (exact) mass is 431 g/mol. The van der Waals surface area contributed by atoms with Gasteiger partial charge < -0.3 is 0 Å². The van der Waals surface area contributed by atoms with Crippen molar-refractivity contribution in [3.63, 3.8) is 0 Å². The second kappa shape index (κ2) is 10.2. The molecular weight excluding hydrogens is 406 g/mol. The molecule has 0 fully saturated rings. The molecule has 0 aliphatic carbocycles. The first-order chi connectivity index (χ1) is 15.3. The largest absolute Gasteiger partial charge is 0.249 e. The third-order valence-corrected chi connectivity index (χ3v) is 5.34. The lowest BCUT2D eigenvalue weighted by Gasteiger charge is -2.09. The van der Waals surface area contributed by atoms with Crippen LogP contribution in [0, 0.1) is 0 Å². The van der Waals surface area contributed by atoms with Crippen molar-refractivity contribution < 1.29 is 0 Å². The van der Waals surface area contributed by atoms with Gasteiger partial charge >= 0.3 is 0 Å². The summed E-state index contributed by atoms with van der Waals surface area (Å²) in [6, 6.07) is 16.6. The molecule has 4 aromatic rings. The molecule has 4 rings (SSSR count). The third kappa shape index (κ3) is 5.08. The maximum Gasteiger partial charge on any atom is 0.205 e. The average Bonchev–Trinajstić information content (AvgIpc) is 3.46. The fourth-order valence-electron chi connectivity index (χ4n) is 3.60. The number of hydrogen-bond acceptors (Lipinski definition) is 6. The van der Waals surface area contributed by atoms with Crippen molar-refractivity contribution in [2.24, 2.45) is 0 Å². The first-order valence-electron chi connectivity index (χ1n) is 10.6. The van der Waals surface area contributed by atoms with Crippen LogP contribution < -0.4 is 0 Å². The molecule has 158 valence electrons. The van der Waals surface area contributed by atoms with Crippen LogP contribution >= 0.6 is 12.2 Å². The van der Waals surface area contributed by atoms with E-state index in [1.54, 1.807) is 5.37 Å². The van der Waals surface area contributed by atoms with Gasteiger partial charge in [0.25, 0.3) is 0 Å². The molecule has 0 atom stereocenters. The van der Waals surface area contributed by atoms with Crippen molar-refractivity contribution in [1.82, 2.24) is 35.4 Å². The van der Waals surface area contributed by atoms with Crippen LogP contribution in [-0.4, -0.2) is 40.8 Å². The third-order valence-electron chi connectivity index (χ3n) is 5.17. The summed E-state index contributed by atoms with van der Waals surface area (Å²) in [4.78, 5) is 4.73. The van der Waals surface area contributed by atoms with Crippen LogP contribution in [0.2, 0.25) is 0 Å². The molecule has 0 saturated carbocycles. The van der Waals surface area contributed by atoms with Crippen LogP contribution in [0.15, 0.2) is 48.5 Å². The lowest BCUT2D eigenvalue weighted by molar-refractivity contribution is 0.532. The van der Waals surface area contributed by atoms with Crippen molar-refractivity contribution in [3.8, 4) is 22.5 Å². The molecular formula is C23H25N7S. The average molecular weight is 432 g/mol. The van der Waals surface area contributed by atoms with E-state index in [-0.39, 0.29) is 0 Å². The number of thiocarbonyl (C=S) groups is 1. The first kappa shape index (κ1) is 21.0. The lowest BCUT2D eigenvalue weighted by Crippen LogP contribution is -2.07. The molecule has 0 saturated heterocycles. The van der Waals surface area contributed by atoms with E-state index in [2.05, 4.69) is 63.0 Å². The van der Waals surface area contributed by atoms with Gasteiger partial charge in [-0.3, -0.25) is 0 Å². The zero-order valence-electron chi connectivity index (χ0n) is 17.5. The normalized spacial score (nSPS) is 11.0. The van der Waals surface area contributed by atoms with Gasteiger partial charge in [0.05, 0.1) is 0 Å². The van der Waals surface area contributed by atoms with E-state index in [1.807, 2.05) is 22.9 Å². The zero-order chi connectivity index (χ0) is 21.5. The van der Waals surface area contributed by atoms with Crippen LogP contribution in [-0.2, 0) is 19.4 Å². The number of nitrogens with one attached hydrogen (secondary N) is 1. The van der Waals surface area contributed by atoms with Gasteiger partial charge in [-0.15, -0.1) is 10.2 Å². The highest BCUT2D eigenvalue weighted by Gasteiger charge is 2.12. The second-order valence-electron chi connectivity index (χ2n) is 7.40. The Hall–Kier alpha value is -3.26. The van der Waals surface area contributed by atoms with Crippen LogP contribution in [0.5, 0.6) is 0 Å². The molecule has 8 heteroatoms. The minimum absolute atomic E-state index is 0.589. The van der Waals surface area contributed by atoms with Gasteiger partial charge in [0.2, 0.25) is 5.82 Å². The molecule has 0 bridgehead atoms. The van der Waals surface area contributed by atoms with Gasteiger partial charge in [-0.25, -0.2) is 9.67 Å². The second-order valence-corrected chi connectivity index (χ2v) is 7.73. The van der Waals surface area contributed by atoms with Crippen molar-refractivity contribution in [2.45, 2.75) is 45.6 Å². The standard InChI is InChI=1S/C23H25N7S/c1-2-3-6-14-30-22(24-21(27-30)13-15-31)16-17-9-11-18(12-10-17)19-7-4-5-8-20(19)23-25-28-29-26-23/h4-5,7-12,15H,2-3,6,13-14,16H2,1H3,(H,25,26,28,29). The minimum Gasteiger partial charge on any atom is -0.249 e. The molecule has 2 aromatic heterocycles. The van der Waals surface area contributed by atoms with Crippen molar-refractivity contribution in [2.75, 3.05) is 0 Å². The van der Waals surface area contributed by atoms with Gasteiger partial charge in [0, 0.05) is 24.9 Å². The van der Waals surface area contributed by atoms with Gasteiger partial charge in [0.1, 0.15) is 5.82 Å². The zero-order valence-corrected chi connectivity index (χ0v) is 18.3. The highest BCUT2D eigenvalue weighted by Crippen LogP contribution is 2.29. The van der Waals surface area contributed by atoms with Crippen LogP contribution in [0.3, 0.4) is 0 Å². The highest BCUT2D eigenvalue weighted by atomic mass is 32.1. The molecule has 7 nitrogen and oxygen atoms in total. The topological polar surface area (TPSA) is 85.2 Å². The van der Waals surface area contributed by atoms with Crippen molar-refractivity contribution in [3.05, 3.63) is 65.7 Å². The number of benzene rings is 2. The fraction of sp³-hybridized carbons (Fsp3) is 0.304. The van der Waals surface area contributed by atoms with Crippen LogP contribution in [0.1, 0.15) is 43.4 Å². The number of tetrazole rings is 1. The molecule has 0 unspecified atom stereocenters. The maximum atomic E-state index is 4.99. The molecule has 0 spiro atoms. The Balaban J connectivity index is 1.55. The van der Waals surface area contributed by atoms with Crippen LogP contribution in [0.25, 0.3) is 22.5 Å². The molecule has 0 aliphatic rings. The van der Waals surface area contributed by atoms with E-state index in [0.29, 0.717) is 12.2 Å².